The van der Waals surface area contributed by atoms with Crippen molar-refractivity contribution in [1.29, 1.82) is 0 Å². The van der Waals surface area contributed by atoms with E-state index in [0.29, 0.717) is 19.3 Å². The fourth-order valence-corrected chi connectivity index (χ4v) is 10.5. The number of fused-ring (bicyclic) bond motifs is 4. The van der Waals surface area contributed by atoms with E-state index in [1.54, 1.807) is 6.92 Å². The second-order valence-corrected chi connectivity index (χ2v) is 15.8. The van der Waals surface area contributed by atoms with Gasteiger partial charge in [0.2, 0.25) is 0 Å². The highest BCUT2D eigenvalue weighted by Crippen LogP contribution is 2.72. The molecule has 0 aromatic carbocycles. The maximum atomic E-state index is 13.3. The molecule has 0 spiro atoms. The number of ketones is 1. The lowest BCUT2D eigenvalue weighted by molar-refractivity contribution is -0.173. The fourth-order valence-electron chi connectivity index (χ4n) is 10.5. The number of hydrogen-bond acceptors (Lipinski definition) is 8. The molecule has 4 aliphatic carbocycles. The molecule has 10 atom stereocenters. The monoisotopic (exact) mass is 616 g/mol. The van der Waals surface area contributed by atoms with Crippen LogP contribution in [0.25, 0.3) is 0 Å². The van der Waals surface area contributed by atoms with Gasteiger partial charge in [-0.3, -0.25) is 19.2 Å². The average molecular weight is 617 g/mol. The molecule has 0 amide bonds. The van der Waals surface area contributed by atoms with Crippen LogP contribution in [-0.4, -0.2) is 55.2 Å². The van der Waals surface area contributed by atoms with Crippen molar-refractivity contribution in [3.63, 3.8) is 0 Å². The number of methoxy groups -OCH3 is 2. The van der Waals surface area contributed by atoms with E-state index in [4.69, 9.17) is 9.47 Å². The first-order valence-electron chi connectivity index (χ1n) is 16.7. The standard InChI is InChI=1S/C36H56O8/c1-20(17-26(37)21(2)22(3)32(41)43-10)23-13-16-35(7)24-11-12-27-33(4,5)29(44-31(40)19-30(39)42-9)14-15-34(27,6)25(24)18-28(38)36(23,35)8/h20-23,27-29,38H,11-19H2,1-10H3/t20-,21-,22-,23+,27-,28-,29-,34-,35+,36+/m1/s1. The van der Waals surface area contributed by atoms with Crippen LogP contribution in [0.1, 0.15) is 113 Å². The van der Waals surface area contributed by atoms with Crippen LogP contribution in [0, 0.1) is 51.2 Å². The average Bonchev–Trinajstić information content (AvgIpc) is 3.26. The fraction of sp³-hybridized carbons (Fsp3) is 0.833. The number of ether oxygens (including phenoxy) is 3. The molecule has 2 saturated carbocycles. The smallest absolute Gasteiger partial charge is 0.317 e. The van der Waals surface area contributed by atoms with E-state index in [2.05, 4.69) is 46.3 Å². The Kier molecular flexibility index (Phi) is 9.59. The molecule has 8 heteroatoms. The van der Waals surface area contributed by atoms with Gasteiger partial charge in [-0.25, -0.2) is 0 Å². The SMILES string of the molecule is COC(=O)CC(=O)O[C@@H]1CC[C@]2(C)C3=C(CC[C@@H]2C1(C)C)[C@]1(C)CC[C@@H]([C@H](C)CC(=O)[C@H](C)[C@@H](C)C(=O)OC)[C@@]1(C)[C@H](O)C3. The summed E-state index contributed by atoms with van der Waals surface area (Å²) in [6.45, 7) is 17.1. The molecule has 0 radical (unpaired) electrons. The van der Waals surface area contributed by atoms with E-state index < -0.39 is 29.9 Å². The molecule has 248 valence electrons. The molecule has 0 saturated heterocycles. The van der Waals surface area contributed by atoms with E-state index >= 15 is 0 Å². The summed E-state index contributed by atoms with van der Waals surface area (Å²) in [5.41, 5.74) is 1.96. The lowest BCUT2D eigenvalue weighted by Crippen LogP contribution is -2.58. The van der Waals surface area contributed by atoms with Crippen LogP contribution >= 0.6 is 0 Å². The first-order valence-corrected chi connectivity index (χ1v) is 16.7. The molecule has 44 heavy (non-hydrogen) atoms. The lowest BCUT2D eigenvalue weighted by Gasteiger charge is -2.63. The molecule has 0 bridgehead atoms. The van der Waals surface area contributed by atoms with Gasteiger partial charge in [-0.2, -0.15) is 0 Å². The van der Waals surface area contributed by atoms with Crippen molar-refractivity contribution in [2.24, 2.45) is 51.2 Å². The van der Waals surface area contributed by atoms with E-state index in [1.165, 1.54) is 25.4 Å². The van der Waals surface area contributed by atoms with Crippen molar-refractivity contribution in [3.8, 4) is 0 Å². The summed E-state index contributed by atoms with van der Waals surface area (Å²) < 4.78 is 15.4. The van der Waals surface area contributed by atoms with Gasteiger partial charge in [0.1, 0.15) is 18.3 Å². The minimum atomic E-state index is -0.591. The van der Waals surface area contributed by atoms with Gasteiger partial charge in [-0.05, 0) is 73.5 Å². The van der Waals surface area contributed by atoms with Crippen molar-refractivity contribution >= 4 is 23.7 Å². The summed E-state index contributed by atoms with van der Waals surface area (Å²) in [5, 5.41) is 12.1. The van der Waals surface area contributed by atoms with E-state index in [0.717, 1.165) is 32.1 Å². The molecule has 8 nitrogen and oxygen atoms in total. The predicted molar refractivity (Wildman–Crippen MR) is 166 cm³/mol. The minimum Gasteiger partial charge on any atom is -0.469 e. The Labute approximate surface area is 264 Å². The maximum Gasteiger partial charge on any atom is 0.317 e. The molecule has 0 unspecified atom stereocenters. The van der Waals surface area contributed by atoms with E-state index in [9.17, 15) is 24.3 Å². The van der Waals surface area contributed by atoms with Gasteiger partial charge in [0, 0.05) is 23.2 Å². The number of carbonyl (C=O) groups excluding carboxylic acids is 4. The summed E-state index contributed by atoms with van der Waals surface area (Å²) in [5.74, 6) is -1.76. The molecule has 0 aromatic heterocycles. The quantitative estimate of drug-likeness (QED) is 0.140. The zero-order valence-corrected chi connectivity index (χ0v) is 28.7. The van der Waals surface area contributed by atoms with Crippen molar-refractivity contribution < 1.29 is 38.5 Å². The number of Topliss-reactive ketones (excluding diaryl/α,β-unsaturated/α-hetero) is 1. The normalized spacial score (nSPS) is 37.9. The number of esters is 3. The lowest BCUT2D eigenvalue weighted by atomic mass is 9.42. The van der Waals surface area contributed by atoms with Crippen LogP contribution in [0.3, 0.4) is 0 Å². The number of aliphatic hydroxyl groups is 1. The molecule has 1 N–H and O–H groups in total. The topological polar surface area (TPSA) is 116 Å². The third kappa shape index (κ3) is 5.35. The zero-order valence-electron chi connectivity index (χ0n) is 28.7. The number of rotatable bonds is 9. The Balaban J connectivity index is 1.58. The Morgan fingerprint density at radius 1 is 0.864 bits per heavy atom. The first-order chi connectivity index (χ1) is 20.4. The Hall–Kier alpha value is -2.22. The van der Waals surface area contributed by atoms with E-state index in [1.807, 2.05) is 6.92 Å². The van der Waals surface area contributed by atoms with Crippen molar-refractivity contribution in [2.45, 2.75) is 125 Å². The summed E-state index contributed by atoms with van der Waals surface area (Å²) in [6.07, 6.45) is 5.27. The van der Waals surface area contributed by atoms with Crippen LogP contribution in [0.15, 0.2) is 11.1 Å². The van der Waals surface area contributed by atoms with Crippen molar-refractivity contribution in [1.82, 2.24) is 0 Å². The molecule has 4 rings (SSSR count). The van der Waals surface area contributed by atoms with Gasteiger partial charge in [-0.1, -0.05) is 66.5 Å². The number of allylic oxidation sites excluding steroid dienone is 1. The largest absolute Gasteiger partial charge is 0.469 e. The van der Waals surface area contributed by atoms with Gasteiger partial charge >= 0.3 is 17.9 Å². The molecule has 0 aliphatic heterocycles. The second-order valence-electron chi connectivity index (χ2n) is 15.8. The highest BCUT2D eigenvalue weighted by Gasteiger charge is 2.66. The van der Waals surface area contributed by atoms with Crippen molar-refractivity contribution in [2.75, 3.05) is 14.2 Å². The summed E-state index contributed by atoms with van der Waals surface area (Å²) >= 11 is 0. The molecule has 0 heterocycles. The van der Waals surface area contributed by atoms with E-state index in [-0.39, 0.29) is 63.7 Å². The van der Waals surface area contributed by atoms with Gasteiger partial charge in [0.25, 0.3) is 0 Å². The van der Waals surface area contributed by atoms with Gasteiger partial charge in [0.05, 0.1) is 26.2 Å². The van der Waals surface area contributed by atoms with Gasteiger partial charge in [0.15, 0.2) is 0 Å². The Bertz CT molecular complexity index is 1200. The number of aliphatic hydroxyl groups excluding tert-OH is 1. The minimum absolute atomic E-state index is 0.0807. The third-order valence-electron chi connectivity index (χ3n) is 13.7. The molecule has 0 aromatic rings. The molecular formula is C36H56O8. The second kappa shape index (κ2) is 12.2. The van der Waals surface area contributed by atoms with Gasteiger partial charge < -0.3 is 19.3 Å². The maximum absolute atomic E-state index is 13.3. The summed E-state index contributed by atoms with van der Waals surface area (Å²) in [4.78, 5) is 49.6. The number of carbonyl (C=O) groups is 4. The highest BCUT2D eigenvalue weighted by atomic mass is 16.6. The highest BCUT2D eigenvalue weighted by molar-refractivity contribution is 5.91. The molecule has 4 aliphatic rings. The predicted octanol–water partition coefficient (Wildman–Crippen LogP) is 6.22. The molecule has 2 fully saturated rings. The van der Waals surface area contributed by atoms with Crippen LogP contribution in [0.2, 0.25) is 0 Å². The van der Waals surface area contributed by atoms with Gasteiger partial charge in [-0.15, -0.1) is 0 Å². The van der Waals surface area contributed by atoms with Crippen LogP contribution in [0.4, 0.5) is 0 Å². The Morgan fingerprint density at radius 2 is 1.52 bits per heavy atom. The first kappa shape index (κ1) is 34.6. The van der Waals surface area contributed by atoms with Crippen LogP contribution in [-0.2, 0) is 33.4 Å². The van der Waals surface area contributed by atoms with Crippen LogP contribution in [0.5, 0.6) is 0 Å². The van der Waals surface area contributed by atoms with Crippen LogP contribution < -0.4 is 0 Å². The molecular weight excluding hydrogens is 560 g/mol. The number of hydrogen-bond donors (Lipinski definition) is 1. The third-order valence-corrected chi connectivity index (χ3v) is 13.7. The van der Waals surface area contributed by atoms with Crippen molar-refractivity contribution in [3.05, 3.63) is 11.1 Å². The Morgan fingerprint density at radius 3 is 2.14 bits per heavy atom. The summed E-state index contributed by atoms with van der Waals surface area (Å²) in [7, 11) is 2.62. The zero-order chi connectivity index (χ0) is 33.0. The summed E-state index contributed by atoms with van der Waals surface area (Å²) in [6, 6.07) is 0.